The zero-order valence-electron chi connectivity index (χ0n) is 9.35. The molecule has 0 aliphatic heterocycles. The SMILES string of the molecule is CC(C)(O)CCNCC1CC1(C)C. The van der Waals surface area contributed by atoms with Crippen LogP contribution in [0.25, 0.3) is 0 Å². The van der Waals surface area contributed by atoms with Gasteiger partial charge >= 0.3 is 0 Å². The van der Waals surface area contributed by atoms with Crippen molar-refractivity contribution in [3.05, 3.63) is 0 Å². The van der Waals surface area contributed by atoms with Crippen LogP contribution in [0.15, 0.2) is 0 Å². The van der Waals surface area contributed by atoms with E-state index in [9.17, 15) is 5.11 Å². The quantitative estimate of drug-likeness (QED) is 0.640. The predicted octanol–water partition coefficient (Wildman–Crippen LogP) is 1.78. The Kier molecular flexibility index (Phi) is 3.03. The molecule has 0 heterocycles. The molecule has 78 valence electrons. The molecule has 1 atom stereocenters. The van der Waals surface area contributed by atoms with Crippen LogP contribution >= 0.6 is 0 Å². The first-order valence-electron chi connectivity index (χ1n) is 5.24. The maximum Gasteiger partial charge on any atom is 0.0603 e. The maximum absolute atomic E-state index is 9.46. The van der Waals surface area contributed by atoms with Gasteiger partial charge in [0.2, 0.25) is 0 Å². The highest BCUT2D eigenvalue weighted by Crippen LogP contribution is 2.50. The van der Waals surface area contributed by atoms with Crippen LogP contribution in [-0.4, -0.2) is 23.8 Å². The van der Waals surface area contributed by atoms with E-state index in [4.69, 9.17) is 0 Å². The number of aliphatic hydroxyl groups is 1. The standard InChI is InChI=1S/C11H23NO/c1-10(2)7-9(10)8-12-6-5-11(3,4)13/h9,12-13H,5-8H2,1-4H3. The van der Waals surface area contributed by atoms with Crippen molar-refractivity contribution in [1.82, 2.24) is 5.32 Å². The highest BCUT2D eigenvalue weighted by atomic mass is 16.3. The van der Waals surface area contributed by atoms with Crippen molar-refractivity contribution in [2.75, 3.05) is 13.1 Å². The molecule has 1 saturated carbocycles. The number of nitrogens with one attached hydrogen (secondary N) is 1. The van der Waals surface area contributed by atoms with Gasteiger partial charge in [0.05, 0.1) is 5.60 Å². The topological polar surface area (TPSA) is 32.3 Å². The minimum atomic E-state index is -0.522. The first kappa shape index (κ1) is 11.0. The van der Waals surface area contributed by atoms with E-state index in [1.54, 1.807) is 0 Å². The van der Waals surface area contributed by atoms with E-state index in [1.165, 1.54) is 6.42 Å². The van der Waals surface area contributed by atoms with Gasteiger partial charge in [0.25, 0.3) is 0 Å². The van der Waals surface area contributed by atoms with Gasteiger partial charge in [-0.15, -0.1) is 0 Å². The summed E-state index contributed by atoms with van der Waals surface area (Å²) in [6.07, 6.45) is 2.18. The largest absolute Gasteiger partial charge is 0.390 e. The average molecular weight is 185 g/mol. The molecule has 0 radical (unpaired) electrons. The molecular formula is C11H23NO. The van der Waals surface area contributed by atoms with Crippen LogP contribution in [0.5, 0.6) is 0 Å². The molecule has 2 nitrogen and oxygen atoms in total. The third-order valence-corrected chi connectivity index (χ3v) is 3.02. The highest BCUT2D eigenvalue weighted by molar-refractivity contribution is 4.96. The van der Waals surface area contributed by atoms with Crippen LogP contribution in [0.1, 0.15) is 40.5 Å². The molecule has 0 aromatic rings. The second-order valence-electron chi connectivity index (χ2n) is 5.66. The maximum atomic E-state index is 9.46. The Labute approximate surface area is 81.7 Å². The van der Waals surface area contributed by atoms with Crippen molar-refractivity contribution < 1.29 is 5.11 Å². The van der Waals surface area contributed by atoms with Gasteiger partial charge in [0.15, 0.2) is 0 Å². The third-order valence-electron chi connectivity index (χ3n) is 3.02. The summed E-state index contributed by atoms with van der Waals surface area (Å²) in [5.41, 5.74) is 0.0494. The number of rotatable bonds is 5. The molecule has 0 aromatic carbocycles. The van der Waals surface area contributed by atoms with E-state index in [0.29, 0.717) is 5.41 Å². The van der Waals surface area contributed by atoms with E-state index >= 15 is 0 Å². The Morgan fingerprint density at radius 2 is 2.00 bits per heavy atom. The average Bonchev–Trinajstić information content (AvgIpc) is 2.50. The summed E-state index contributed by atoms with van der Waals surface area (Å²) in [4.78, 5) is 0. The molecule has 1 unspecified atom stereocenters. The van der Waals surface area contributed by atoms with Crippen LogP contribution < -0.4 is 5.32 Å². The molecule has 13 heavy (non-hydrogen) atoms. The van der Waals surface area contributed by atoms with Gasteiger partial charge in [-0.25, -0.2) is 0 Å². The van der Waals surface area contributed by atoms with Crippen molar-refractivity contribution in [2.24, 2.45) is 11.3 Å². The molecule has 0 aromatic heterocycles. The summed E-state index contributed by atoms with van der Waals surface area (Å²) in [5, 5.41) is 12.9. The summed E-state index contributed by atoms with van der Waals surface area (Å²) >= 11 is 0. The van der Waals surface area contributed by atoms with Crippen molar-refractivity contribution in [3.63, 3.8) is 0 Å². The zero-order valence-corrected chi connectivity index (χ0v) is 9.35. The van der Waals surface area contributed by atoms with Gasteiger partial charge in [0, 0.05) is 0 Å². The lowest BCUT2D eigenvalue weighted by Gasteiger charge is -2.17. The molecule has 1 aliphatic rings. The molecule has 1 rings (SSSR count). The molecule has 2 N–H and O–H groups in total. The molecule has 1 fully saturated rings. The lowest BCUT2D eigenvalue weighted by atomic mass is 10.1. The Hall–Kier alpha value is -0.0800. The van der Waals surface area contributed by atoms with Crippen molar-refractivity contribution in [1.29, 1.82) is 0 Å². The second kappa shape index (κ2) is 3.58. The van der Waals surface area contributed by atoms with Gasteiger partial charge in [-0.3, -0.25) is 0 Å². The minimum absolute atomic E-state index is 0.522. The van der Waals surface area contributed by atoms with Crippen LogP contribution in [0.4, 0.5) is 0 Å². The molecule has 0 spiro atoms. The van der Waals surface area contributed by atoms with Gasteiger partial charge in [-0.2, -0.15) is 0 Å². The molecule has 0 bridgehead atoms. The summed E-state index contributed by atoms with van der Waals surface area (Å²) in [6, 6.07) is 0. The van der Waals surface area contributed by atoms with Crippen LogP contribution in [0.3, 0.4) is 0 Å². The normalized spacial score (nSPS) is 26.1. The van der Waals surface area contributed by atoms with Gasteiger partial charge in [-0.05, 0) is 51.1 Å². The second-order valence-corrected chi connectivity index (χ2v) is 5.66. The lowest BCUT2D eigenvalue weighted by molar-refractivity contribution is 0.0711. The Morgan fingerprint density at radius 1 is 1.46 bits per heavy atom. The van der Waals surface area contributed by atoms with Crippen molar-refractivity contribution >= 4 is 0 Å². The summed E-state index contributed by atoms with van der Waals surface area (Å²) < 4.78 is 0. The fourth-order valence-electron chi connectivity index (χ4n) is 1.60. The Balaban J connectivity index is 1.97. The van der Waals surface area contributed by atoms with E-state index in [1.807, 2.05) is 13.8 Å². The molecule has 0 saturated heterocycles. The van der Waals surface area contributed by atoms with E-state index in [2.05, 4.69) is 19.2 Å². The third kappa shape index (κ3) is 4.10. The van der Waals surface area contributed by atoms with Crippen molar-refractivity contribution in [3.8, 4) is 0 Å². The van der Waals surface area contributed by atoms with E-state index in [-0.39, 0.29) is 0 Å². The van der Waals surface area contributed by atoms with E-state index < -0.39 is 5.60 Å². The van der Waals surface area contributed by atoms with Gasteiger partial charge in [0.1, 0.15) is 0 Å². The zero-order chi connectivity index (χ0) is 10.1. The lowest BCUT2D eigenvalue weighted by Crippen LogP contribution is -2.28. The predicted molar refractivity (Wildman–Crippen MR) is 55.7 cm³/mol. The van der Waals surface area contributed by atoms with Crippen LogP contribution in [0.2, 0.25) is 0 Å². The first-order valence-corrected chi connectivity index (χ1v) is 5.24. The first-order chi connectivity index (χ1) is 5.81. The van der Waals surface area contributed by atoms with Crippen LogP contribution in [0, 0.1) is 11.3 Å². The van der Waals surface area contributed by atoms with Gasteiger partial charge in [-0.1, -0.05) is 13.8 Å². The minimum Gasteiger partial charge on any atom is -0.390 e. The smallest absolute Gasteiger partial charge is 0.0603 e. The molecule has 1 aliphatic carbocycles. The summed E-state index contributed by atoms with van der Waals surface area (Å²) in [5.74, 6) is 0.856. The summed E-state index contributed by atoms with van der Waals surface area (Å²) in [7, 11) is 0. The Morgan fingerprint density at radius 3 is 2.38 bits per heavy atom. The fourth-order valence-corrected chi connectivity index (χ4v) is 1.60. The monoisotopic (exact) mass is 185 g/mol. The van der Waals surface area contributed by atoms with Crippen molar-refractivity contribution in [2.45, 2.75) is 46.1 Å². The molecule has 0 amide bonds. The van der Waals surface area contributed by atoms with Crippen LogP contribution in [-0.2, 0) is 0 Å². The van der Waals surface area contributed by atoms with Gasteiger partial charge < -0.3 is 10.4 Å². The fraction of sp³-hybridized carbons (Fsp3) is 1.00. The molecule has 2 heteroatoms. The van der Waals surface area contributed by atoms with E-state index in [0.717, 1.165) is 25.4 Å². The number of hydrogen-bond acceptors (Lipinski definition) is 2. The molecular weight excluding hydrogens is 162 g/mol. The highest BCUT2D eigenvalue weighted by Gasteiger charge is 2.44. The Bertz CT molecular complexity index is 169. The number of hydrogen-bond donors (Lipinski definition) is 2. The summed E-state index contributed by atoms with van der Waals surface area (Å²) in [6.45, 7) is 10.4.